The van der Waals surface area contributed by atoms with E-state index in [2.05, 4.69) is 10.6 Å². The maximum atomic E-state index is 14.7. The summed E-state index contributed by atoms with van der Waals surface area (Å²) in [5.41, 5.74) is 2.87. The van der Waals surface area contributed by atoms with Gasteiger partial charge in [0, 0.05) is 24.5 Å². The third-order valence-electron chi connectivity index (χ3n) is 9.48. The Morgan fingerprint density at radius 1 is 0.632 bits per heavy atom. The normalized spacial score (nSPS) is 15.3. The Labute approximate surface area is 330 Å². The third-order valence-corrected chi connectivity index (χ3v) is 9.48. The molecule has 57 heavy (non-hydrogen) atoms. The standard InChI is InChI=1S/C43H46N2O12/c1-50-31-17-13-26(23-34(31)53-4)22-30(43(49)56-7)45-41(47)38-37-27(16-20-36(46)44-29(42(48)55-6)21-25-11-9-8-10-12-25)14-19-33(52-3)40(37)57-39(38)28-15-18-32(51-2)35(24-28)54-5/h8-20,23-24,29-30,38-39H,21-22H2,1-7H3,(H,44,46)(H,45,47)/b20-16+. The number of benzene rings is 4. The monoisotopic (exact) mass is 782 g/mol. The van der Waals surface area contributed by atoms with Crippen molar-refractivity contribution in [1.29, 1.82) is 0 Å². The molecule has 0 bridgehead atoms. The Kier molecular flexibility index (Phi) is 14.0. The first-order valence-electron chi connectivity index (χ1n) is 17.9. The average molecular weight is 783 g/mol. The van der Waals surface area contributed by atoms with E-state index < -0.39 is 47.9 Å². The minimum Gasteiger partial charge on any atom is -0.493 e. The van der Waals surface area contributed by atoms with Crippen LogP contribution in [0.1, 0.15) is 39.8 Å². The number of hydrogen-bond acceptors (Lipinski definition) is 12. The Balaban J connectivity index is 1.54. The maximum Gasteiger partial charge on any atom is 0.328 e. The smallest absolute Gasteiger partial charge is 0.328 e. The van der Waals surface area contributed by atoms with Crippen LogP contribution in [0.3, 0.4) is 0 Å². The molecule has 1 aliphatic heterocycles. The zero-order valence-corrected chi connectivity index (χ0v) is 32.8. The van der Waals surface area contributed by atoms with Gasteiger partial charge in [-0.3, -0.25) is 9.59 Å². The first-order chi connectivity index (χ1) is 27.6. The highest BCUT2D eigenvalue weighted by Crippen LogP contribution is 2.53. The molecule has 2 N–H and O–H groups in total. The number of nitrogens with one attached hydrogen (secondary N) is 2. The lowest BCUT2D eigenvalue weighted by molar-refractivity contribution is -0.145. The molecule has 0 aromatic heterocycles. The second-order valence-corrected chi connectivity index (χ2v) is 12.8. The molecule has 0 saturated heterocycles. The van der Waals surface area contributed by atoms with E-state index >= 15 is 0 Å². The summed E-state index contributed by atoms with van der Waals surface area (Å²) in [7, 11) is 9.97. The molecule has 0 spiro atoms. The van der Waals surface area contributed by atoms with Crippen molar-refractivity contribution in [2.24, 2.45) is 0 Å². The zero-order chi connectivity index (χ0) is 41.1. The second-order valence-electron chi connectivity index (χ2n) is 12.8. The van der Waals surface area contributed by atoms with Gasteiger partial charge in [0.25, 0.3) is 0 Å². The van der Waals surface area contributed by atoms with Gasteiger partial charge in [0.1, 0.15) is 24.1 Å². The van der Waals surface area contributed by atoms with Crippen molar-refractivity contribution in [3.05, 3.63) is 113 Å². The molecule has 4 atom stereocenters. The van der Waals surface area contributed by atoms with E-state index in [0.29, 0.717) is 51.0 Å². The number of methoxy groups -OCH3 is 7. The van der Waals surface area contributed by atoms with Crippen LogP contribution in [0.5, 0.6) is 34.5 Å². The quantitative estimate of drug-likeness (QED) is 0.112. The van der Waals surface area contributed by atoms with Gasteiger partial charge in [-0.25, -0.2) is 9.59 Å². The number of hydrogen-bond donors (Lipinski definition) is 2. The van der Waals surface area contributed by atoms with Gasteiger partial charge in [-0.15, -0.1) is 0 Å². The van der Waals surface area contributed by atoms with E-state index in [0.717, 1.165) is 5.56 Å². The van der Waals surface area contributed by atoms with Crippen molar-refractivity contribution < 1.29 is 57.1 Å². The molecule has 4 aromatic carbocycles. The van der Waals surface area contributed by atoms with Gasteiger partial charge in [-0.2, -0.15) is 0 Å². The van der Waals surface area contributed by atoms with Gasteiger partial charge in [0.15, 0.2) is 34.5 Å². The minimum atomic E-state index is -1.13. The Hall–Kier alpha value is -6.70. The lowest BCUT2D eigenvalue weighted by Gasteiger charge is -2.24. The number of rotatable bonds is 17. The van der Waals surface area contributed by atoms with Gasteiger partial charge in [-0.05, 0) is 58.7 Å². The van der Waals surface area contributed by atoms with E-state index in [1.165, 1.54) is 61.9 Å². The van der Waals surface area contributed by atoms with Crippen LogP contribution in [-0.4, -0.2) is 85.6 Å². The lowest BCUT2D eigenvalue weighted by Crippen LogP contribution is -2.45. The van der Waals surface area contributed by atoms with Crippen LogP contribution in [0.15, 0.2) is 84.9 Å². The highest BCUT2D eigenvalue weighted by molar-refractivity contribution is 5.96. The van der Waals surface area contributed by atoms with Gasteiger partial charge < -0.3 is 48.5 Å². The van der Waals surface area contributed by atoms with Crippen LogP contribution < -0.4 is 39.1 Å². The zero-order valence-electron chi connectivity index (χ0n) is 32.8. The fraction of sp³-hybridized carbons (Fsp3) is 0.302. The highest BCUT2D eigenvalue weighted by Gasteiger charge is 2.45. The van der Waals surface area contributed by atoms with E-state index in [1.54, 1.807) is 48.5 Å². The number of carbonyl (C=O) groups excluding carboxylic acids is 4. The summed E-state index contributed by atoms with van der Waals surface area (Å²) in [5, 5.41) is 5.62. The molecule has 2 amide bonds. The third kappa shape index (κ3) is 9.58. The summed E-state index contributed by atoms with van der Waals surface area (Å²) >= 11 is 0. The summed E-state index contributed by atoms with van der Waals surface area (Å²) in [5.74, 6) is -1.17. The first kappa shape index (κ1) is 41.5. The summed E-state index contributed by atoms with van der Waals surface area (Å²) in [6.45, 7) is 0. The van der Waals surface area contributed by atoms with Crippen molar-refractivity contribution in [1.82, 2.24) is 10.6 Å². The summed E-state index contributed by atoms with van der Waals surface area (Å²) in [6, 6.07) is 20.8. The molecule has 14 nitrogen and oxygen atoms in total. The summed E-state index contributed by atoms with van der Waals surface area (Å²) < 4.78 is 44.2. The highest BCUT2D eigenvalue weighted by atomic mass is 16.5. The van der Waals surface area contributed by atoms with Crippen LogP contribution in [0.4, 0.5) is 0 Å². The van der Waals surface area contributed by atoms with Crippen LogP contribution in [-0.2, 0) is 41.5 Å². The molecule has 0 radical (unpaired) electrons. The molecule has 1 aliphatic rings. The largest absolute Gasteiger partial charge is 0.493 e. The Bertz CT molecular complexity index is 2100. The minimum absolute atomic E-state index is 0.0512. The number of fused-ring (bicyclic) bond motifs is 1. The van der Waals surface area contributed by atoms with Crippen LogP contribution in [0.2, 0.25) is 0 Å². The Morgan fingerprint density at radius 3 is 1.81 bits per heavy atom. The average Bonchev–Trinajstić information content (AvgIpc) is 3.65. The number of esters is 2. The second kappa shape index (κ2) is 19.2. The van der Waals surface area contributed by atoms with Crippen molar-refractivity contribution in [3.8, 4) is 34.5 Å². The first-order valence-corrected chi connectivity index (χ1v) is 17.9. The van der Waals surface area contributed by atoms with Gasteiger partial charge >= 0.3 is 11.9 Å². The SMILES string of the molecule is COC(=O)C(Cc1ccccc1)NC(=O)/C=C/c1ccc(OC)c2c1C(C(=O)NC(Cc1ccc(OC)c(OC)c1)C(=O)OC)C(c1ccc(OC)c(OC)c1)O2. The molecular formula is C43H46N2O12. The number of amides is 2. The molecule has 0 aliphatic carbocycles. The van der Waals surface area contributed by atoms with Crippen LogP contribution in [0.25, 0.3) is 6.08 Å². The number of carbonyl (C=O) groups is 4. The van der Waals surface area contributed by atoms with Gasteiger partial charge in [-0.1, -0.05) is 48.5 Å². The molecule has 1 heterocycles. The van der Waals surface area contributed by atoms with Gasteiger partial charge in [0.05, 0.1) is 49.8 Å². The van der Waals surface area contributed by atoms with E-state index in [1.807, 2.05) is 30.3 Å². The Morgan fingerprint density at radius 2 is 1.19 bits per heavy atom. The molecule has 300 valence electrons. The van der Waals surface area contributed by atoms with E-state index in [-0.39, 0.29) is 18.6 Å². The van der Waals surface area contributed by atoms with Crippen LogP contribution in [0, 0.1) is 0 Å². The van der Waals surface area contributed by atoms with Crippen LogP contribution >= 0.6 is 0 Å². The topological polar surface area (TPSA) is 166 Å². The molecule has 5 rings (SSSR count). The molecule has 0 fully saturated rings. The van der Waals surface area contributed by atoms with E-state index in [4.69, 9.17) is 37.9 Å². The molecule has 4 unspecified atom stereocenters. The fourth-order valence-electron chi connectivity index (χ4n) is 6.66. The summed E-state index contributed by atoms with van der Waals surface area (Å²) in [6.07, 6.45) is 2.07. The number of ether oxygens (including phenoxy) is 8. The fourth-order valence-corrected chi connectivity index (χ4v) is 6.66. The van der Waals surface area contributed by atoms with Crippen molar-refractivity contribution in [3.63, 3.8) is 0 Å². The van der Waals surface area contributed by atoms with Crippen molar-refractivity contribution in [2.45, 2.75) is 36.9 Å². The van der Waals surface area contributed by atoms with Crippen molar-refractivity contribution in [2.75, 3.05) is 49.8 Å². The molecule has 0 saturated carbocycles. The summed E-state index contributed by atoms with van der Waals surface area (Å²) in [4.78, 5) is 54.0. The lowest BCUT2D eigenvalue weighted by atomic mass is 9.86. The predicted octanol–water partition coefficient (Wildman–Crippen LogP) is 4.76. The maximum absolute atomic E-state index is 14.7. The molecule has 14 heteroatoms. The molecular weight excluding hydrogens is 736 g/mol. The van der Waals surface area contributed by atoms with Gasteiger partial charge in [0.2, 0.25) is 11.8 Å². The predicted molar refractivity (Wildman–Crippen MR) is 209 cm³/mol. The van der Waals surface area contributed by atoms with Crippen molar-refractivity contribution >= 4 is 29.8 Å². The van der Waals surface area contributed by atoms with E-state index in [9.17, 15) is 19.2 Å². The molecule has 4 aromatic rings.